The molecule has 0 N–H and O–H groups in total. The summed E-state index contributed by atoms with van der Waals surface area (Å²) in [6.07, 6.45) is 4.23. The van der Waals surface area contributed by atoms with Crippen molar-refractivity contribution in [2.24, 2.45) is 5.92 Å². The van der Waals surface area contributed by atoms with Gasteiger partial charge < -0.3 is 0 Å². The molecule has 0 aliphatic heterocycles. The lowest BCUT2D eigenvalue weighted by molar-refractivity contribution is 0.112. The first-order chi connectivity index (χ1) is 7.36. The molecule has 0 aromatic heterocycles. The summed E-state index contributed by atoms with van der Waals surface area (Å²) >= 11 is 0. The number of benzene rings is 1. The summed E-state index contributed by atoms with van der Waals surface area (Å²) in [5.41, 5.74) is 1.53. The lowest BCUT2D eigenvalue weighted by Gasteiger charge is -2.33. The average Bonchev–Trinajstić information content (AvgIpc) is 2.23. The van der Waals surface area contributed by atoms with Crippen LogP contribution in [0.2, 0.25) is 0 Å². The van der Waals surface area contributed by atoms with Crippen LogP contribution in [0.15, 0.2) is 24.3 Å². The highest BCUT2D eigenvalue weighted by Gasteiger charge is 2.29. The molecule has 1 aromatic rings. The van der Waals surface area contributed by atoms with E-state index in [9.17, 15) is 9.18 Å². The molecular weight excluding hydrogens is 191 g/mol. The van der Waals surface area contributed by atoms with Gasteiger partial charge in [0, 0.05) is 11.5 Å². The first kappa shape index (κ1) is 10.3. The normalized spacial score (nSPS) is 18.2. The smallest absolute Gasteiger partial charge is 0.150 e. The molecule has 0 bridgehead atoms. The Hall–Kier alpha value is -1.18. The van der Waals surface area contributed by atoms with Crippen molar-refractivity contribution in [3.63, 3.8) is 0 Å². The van der Waals surface area contributed by atoms with Crippen LogP contribution in [0.4, 0.5) is 4.39 Å². The fourth-order valence-corrected chi connectivity index (χ4v) is 2.26. The third-order valence-electron chi connectivity index (χ3n) is 3.41. The van der Waals surface area contributed by atoms with E-state index in [1.165, 1.54) is 6.42 Å². The number of hydrogen-bond acceptors (Lipinski definition) is 1. The summed E-state index contributed by atoms with van der Waals surface area (Å²) in [6.45, 7) is -0.352. The van der Waals surface area contributed by atoms with E-state index in [0.29, 0.717) is 11.5 Å². The molecule has 0 amide bonds. The fourth-order valence-electron chi connectivity index (χ4n) is 2.26. The average molecular weight is 206 g/mol. The van der Waals surface area contributed by atoms with Crippen LogP contribution in [0.25, 0.3) is 0 Å². The van der Waals surface area contributed by atoms with E-state index in [4.69, 9.17) is 0 Å². The molecule has 1 nitrogen and oxygen atoms in total. The number of carbonyl (C=O) groups is 1. The molecule has 1 unspecified atom stereocenters. The van der Waals surface area contributed by atoms with E-state index in [-0.39, 0.29) is 12.6 Å². The highest BCUT2D eigenvalue weighted by molar-refractivity contribution is 5.77. The van der Waals surface area contributed by atoms with Crippen molar-refractivity contribution in [3.8, 4) is 0 Å². The summed E-state index contributed by atoms with van der Waals surface area (Å²) in [6, 6.07) is 7.35. The number of halogens is 1. The van der Waals surface area contributed by atoms with E-state index in [2.05, 4.69) is 0 Å². The second-order valence-electron chi connectivity index (χ2n) is 4.20. The minimum atomic E-state index is -0.352. The van der Waals surface area contributed by atoms with Crippen LogP contribution in [0.1, 0.15) is 41.1 Å². The van der Waals surface area contributed by atoms with Crippen LogP contribution in [0.5, 0.6) is 0 Å². The Labute approximate surface area is 89.3 Å². The second-order valence-corrected chi connectivity index (χ2v) is 4.20. The number of carbonyl (C=O) groups excluding carboxylic acids is 1. The highest BCUT2D eigenvalue weighted by atomic mass is 19.1. The van der Waals surface area contributed by atoms with Gasteiger partial charge >= 0.3 is 0 Å². The molecule has 0 radical (unpaired) electrons. The number of alkyl halides is 1. The maximum absolute atomic E-state index is 13.0. The van der Waals surface area contributed by atoms with E-state index in [1.54, 1.807) is 6.07 Å². The van der Waals surface area contributed by atoms with Crippen molar-refractivity contribution in [2.45, 2.75) is 25.2 Å². The Balaban J connectivity index is 2.28. The van der Waals surface area contributed by atoms with Crippen molar-refractivity contribution in [1.29, 1.82) is 0 Å². The van der Waals surface area contributed by atoms with Crippen molar-refractivity contribution >= 4 is 6.29 Å². The van der Waals surface area contributed by atoms with Crippen molar-refractivity contribution in [2.75, 3.05) is 6.67 Å². The fraction of sp³-hybridized carbons (Fsp3) is 0.462. The van der Waals surface area contributed by atoms with Gasteiger partial charge in [-0.05, 0) is 24.3 Å². The van der Waals surface area contributed by atoms with Crippen LogP contribution in [-0.4, -0.2) is 13.0 Å². The van der Waals surface area contributed by atoms with Gasteiger partial charge in [-0.15, -0.1) is 0 Å². The summed E-state index contributed by atoms with van der Waals surface area (Å²) in [4.78, 5) is 10.9. The molecule has 2 heteroatoms. The van der Waals surface area contributed by atoms with Crippen molar-refractivity contribution < 1.29 is 9.18 Å². The molecule has 1 fully saturated rings. The molecule has 1 aliphatic rings. The molecule has 15 heavy (non-hydrogen) atoms. The molecule has 0 saturated heterocycles. The largest absolute Gasteiger partial charge is 0.298 e. The lowest BCUT2D eigenvalue weighted by Crippen LogP contribution is -2.22. The minimum absolute atomic E-state index is 0.0693. The van der Waals surface area contributed by atoms with Gasteiger partial charge in [0.25, 0.3) is 0 Å². The van der Waals surface area contributed by atoms with Gasteiger partial charge in [-0.3, -0.25) is 9.18 Å². The summed E-state index contributed by atoms with van der Waals surface area (Å²) in [5, 5.41) is 0. The van der Waals surface area contributed by atoms with Gasteiger partial charge in [0.05, 0.1) is 6.67 Å². The molecule has 1 aromatic carbocycles. The van der Waals surface area contributed by atoms with E-state index < -0.39 is 0 Å². The van der Waals surface area contributed by atoms with Gasteiger partial charge in [-0.25, -0.2) is 0 Å². The van der Waals surface area contributed by atoms with Crippen LogP contribution < -0.4 is 0 Å². The maximum Gasteiger partial charge on any atom is 0.150 e. The Morgan fingerprint density at radius 1 is 1.40 bits per heavy atom. The SMILES string of the molecule is O=Cc1ccccc1C(CF)C1CCC1. The Morgan fingerprint density at radius 2 is 2.13 bits per heavy atom. The standard InChI is InChI=1S/C13H15FO/c14-8-13(10-5-3-6-10)12-7-2-1-4-11(12)9-15/h1-2,4,7,9-10,13H,3,5-6,8H2. The van der Waals surface area contributed by atoms with Crippen molar-refractivity contribution in [1.82, 2.24) is 0 Å². The third kappa shape index (κ3) is 1.94. The quantitative estimate of drug-likeness (QED) is 0.690. The number of hydrogen-bond donors (Lipinski definition) is 0. The van der Waals surface area contributed by atoms with Gasteiger partial charge in [-0.2, -0.15) is 0 Å². The zero-order valence-corrected chi connectivity index (χ0v) is 8.66. The molecule has 0 spiro atoms. The molecule has 2 rings (SSSR count). The van der Waals surface area contributed by atoms with E-state index in [1.807, 2.05) is 18.2 Å². The Morgan fingerprint density at radius 3 is 2.67 bits per heavy atom. The third-order valence-corrected chi connectivity index (χ3v) is 3.41. The zero-order valence-electron chi connectivity index (χ0n) is 8.66. The summed E-state index contributed by atoms with van der Waals surface area (Å²) < 4.78 is 13.0. The molecule has 1 aliphatic carbocycles. The Kier molecular flexibility index (Phi) is 3.14. The minimum Gasteiger partial charge on any atom is -0.298 e. The predicted molar refractivity (Wildman–Crippen MR) is 57.9 cm³/mol. The molecule has 1 atom stereocenters. The van der Waals surface area contributed by atoms with Crippen LogP contribution in [0, 0.1) is 5.92 Å². The van der Waals surface area contributed by atoms with Crippen molar-refractivity contribution in [3.05, 3.63) is 35.4 Å². The van der Waals surface area contributed by atoms with Gasteiger partial charge in [-0.1, -0.05) is 30.7 Å². The van der Waals surface area contributed by atoms with E-state index in [0.717, 1.165) is 24.7 Å². The first-order valence-electron chi connectivity index (χ1n) is 5.47. The van der Waals surface area contributed by atoms with Crippen LogP contribution in [0.3, 0.4) is 0 Å². The number of aldehydes is 1. The summed E-state index contributed by atoms with van der Waals surface area (Å²) in [7, 11) is 0. The van der Waals surface area contributed by atoms with Crippen LogP contribution in [-0.2, 0) is 0 Å². The molecule has 80 valence electrons. The topological polar surface area (TPSA) is 17.1 Å². The lowest BCUT2D eigenvalue weighted by atomic mass is 9.73. The van der Waals surface area contributed by atoms with Gasteiger partial charge in [0.2, 0.25) is 0 Å². The molecular formula is C13H15FO. The van der Waals surface area contributed by atoms with Gasteiger partial charge in [0.15, 0.2) is 0 Å². The first-order valence-corrected chi connectivity index (χ1v) is 5.47. The highest BCUT2D eigenvalue weighted by Crippen LogP contribution is 2.40. The molecule has 0 heterocycles. The predicted octanol–water partition coefficient (Wildman–Crippen LogP) is 3.35. The molecule has 1 saturated carbocycles. The number of rotatable bonds is 4. The zero-order chi connectivity index (χ0) is 10.7. The van der Waals surface area contributed by atoms with Crippen LogP contribution >= 0.6 is 0 Å². The monoisotopic (exact) mass is 206 g/mol. The van der Waals surface area contributed by atoms with Gasteiger partial charge in [0.1, 0.15) is 6.29 Å². The van der Waals surface area contributed by atoms with E-state index >= 15 is 0 Å². The Bertz CT molecular complexity index is 344. The summed E-state index contributed by atoms with van der Waals surface area (Å²) in [5.74, 6) is 0.372. The maximum atomic E-state index is 13.0. The second kappa shape index (κ2) is 4.56.